The third kappa shape index (κ3) is 4.86. The van der Waals surface area contributed by atoms with E-state index in [1.807, 2.05) is 29.7 Å². The van der Waals surface area contributed by atoms with Crippen LogP contribution in [0.4, 0.5) is 10.1 Å². The molecule has 0 aliphatic heterocycles. The quantitative estimate of drug-likeness (QED) is 0.215. The fourth-order valence-electron chi connectivity index (χ4n) is 3.55. The van der Waals surface area contributed by atoms with Gasteiger partial charge in [0.25, 0.3) is 5.69 Å². The highest BCUT2D eigenvalue weighted by atomic mass is 32.2. The molecule has 0 unspecified atom stereocenters. The predicted molar refractivity (Wildman–Crippen MR) is 128 cm³/mol. The van der Waals surface area contributed by atoms with Gasteiger partial charge in [-0.25, -0.2) is 9.37 Å². The zero-order valence-corrected chi connectivity index (χ0v) is 19.2. The molecule has 174 valence electrons. The summed E-state index contributed by atoms with van der Waals surface area (Å²) in [4.78, 5) is 28.0. The molecule has 0 fully saturated rings. The van der Waals surface area contributed by atoms with Crippen LogP contribution in [-0.2, 0) is 4.79 Å². The van der Waals surface area contributed by atoms with Gasteiger partial charge in [-0.05, 0) is 42.8 Å². The van der Waals surface area contributed by atoms with Gasteiger partial charge in [0.2, 0.25) is 5.91 Å². The van der Waals surface area contributed by atoms with E-state index < -0.39 is 4.92 Å². The first kappa shape index (κ1) is 23.2. The Morgan fingerprint density at radius 2 is 1.94 bits per heavy atom. The van der Waals surface area contributed by atoms with Crippen LogP contribution in [0.5, 0.6) is 5.75 Å². The molecular formula is C24H21FN4O4S. The number of carbonyl (C=O) groups is 1. The number of amides is 1. The number of ether oxygens (including phenoxy) is 1. The third-order valence-corrected chi connectivity index (χ3v) is 6.16. The smallest absolute Gasteiger partial charge is 0.271 e. The van der Waals surface area contributed by atoms with Gasteiger partial charge in [-0.2, -0.15) is 0 Å². The lowest BCUT2D eigenvalue weighted by molar-refractivity contribution is -0.384. The molecule has 0 saturated heterocycles. The fourth-order valence-corrected chi connectivity index (χ4v) is 4.38. The van der Waals surface area contributed by atoms with E-state index >= 15 is 0 Å². The van der Waals surface area contributed by atoms with Crippen LogP contribution in [-0.4, -0.2) is 33.2 Å². The Morgan fingerprint density at radius 1 is 1.21 bits per heavy atom. The largest absolute Gasteiger partial charge is 0.495 e. The standard InChI is InChI=1S/C24H21FN4O4S/c1-15(16-7-9-17(25)10-8-16)26-23(30)14-34-24-27-19-13-18(29(31)32)11-12-20(19)28(24)21-5-3-4-6-22(21)33-2/h3-13,15H,14H2,1-2H3,(H,26,30)/t15-/m1/s1. The highest BCUT2D eigenvalue weighted by Crippen LogP contribution is 2.33. The molecule has 10 heteroatoms. The van der Waals surface area contributed by atoms with Gasteiger partial charge in [0, 0.05) is 12.1 Å². The first-order chi connectivity index (χ1) is 16.4. The monoisotopic (exact) mass is 480 g/mol. The summed E-state index contributed by atoms with van der Waals surface area (Å²) in [5.74, 6) is 0.0858. The molecule has 4 rings (SSSR count). The molecule has 4 aromatic rings. The molecule has 3 aromatic carbocycles. The molecule has 1 atom stereocenters. The maximum absolute atomic E-state index is 13.2. The van der Waals surface area contributed by atoms with E-state index in [2.05, 4.69) is 10.3 Å². The van der Waals surface area contributed by atoms with Gasteiger partial charge in [-0.1, -0.05) is 36.0 Å². The van der Waals surface area contributed by atoms with Gasteiger partial charge in [0.05, 0.1) is 40.5 Å². The van der Waals surface area contributed by atoms with Gasteiger partial charge < -0.3 is 10.1 Å². The molecule has 0 saturated carbocycles. The summed E-state index contributed by atoms with van der Waals surface area (Å²) in [6.45, 7) is 1.82. The molecule has 1 heterocycles. The number of methoxy groups -OCH3 is 1. The number of nitro groups is 1. The second kappa shape index (κ2) is 9.92. The number of nitro benzene ring substituents is 1. The molecule has 1 N–H and O–H groups in total. The van der Waals surface area contributed by atoms with Gasteiger partial charge in [-0.15, -0.1) is 0 Å². The Morgan fingerprint density at radius 3 is 2.65 bits per heavy atom. The fraction of sp³-hybridized carbons (Fsp3) is 0.167. The number of nitrogens with one attached hydrogen (secondary N) is 1. The zero-order valence-electron chi connectivity index (χ0n) is 18.4. The summed E-state index contributed by atoms with van der Waals surface area (Å²) in [5.41, 5.74) is 2.50. The number of benzene rings is 3. The zero-order chi connectivity index (χ0) is 24.2. The van der Waals surface area contributed by atoms with Crippen LogP contribution in [0.3, 0.4) is 0 Å². The Balaban J connectivity index is 1.62. The lowest BCUT2D eigenvalue weighted by atomic mass is 10.1. The number of nitrogens with zero attached hydrogens (tertiary/aromatic N) is 3. The van der Waals surface area contributed by atoms with Crippen LogP contribution < -0.4 is 10.1 Å². The van der Waals surface area contributed by atoms with Crippen molar-refractivity contribution in [3.63, 3.8) is 0 Å². The van der Waals surface area contributed by atoms with E-state index in [1.54, 1.807) is 31.4 Å². The van der Waals surface area contributed by atoms with Crippen molar-refractivity contribution in [3.05, 3.63) is 88.2 Å². The second-order valence-electron chi connectivity index (χ2n) is 7.46. The van der Waals surface area contributed by atoms with Gasteiger partial charge in [0.15, 0.2) is 5.16 Å². The number of hydrogen-bond donors (Lipinski definition) is 1. The van der Waals surface area contributed by atoms with E-state index in [0.29, 0.717) is 27.6 Å². The number of halogens is 1. The summed E-state index contributed by atoms with van der Waals surface area (Å²) in [6.07, 6.45) is 0. The molecule has 0 aliphatic rings. The normalized spacial score (nSPS) is 11.9. The van der Waals surface area contributed by atoms with Crippen molar-refractivity contribution >= 4 is 34.4 Å². The molecule has 34 heavy (non-hydrogen) atoms. The number of rotatable bonds is 8. The highest BCUT2D eigenvalue weighted by Gasteiger charge is 2.20. The summed E-state index contributed by atoms with van der Waals surface area (Å²) >= 11 is 1.20. The lowest BCUT2D eigenvalue weighted by Gasteiger charge is -2.15. The number of carbonyl (C=O) groups excluding carboxylic acids is 1. The van der Waals surface area contributed by atoms with E-state index in [9.17, 15) is 19.3 Å². The first-order valence-electron chi connectivity index (χ1n) is 10.4. The number of imidazole rings is 1. The Kier molecular flexibility index (Phi) is 6.78. The van der Waals surface area contributed by atoms with Crippen LogP contribution in [0.2, 0.25) is 0 Å². The summed E-state index contributed by atoms with van der Waals surface area (Å²) in [7, 11) is 1.56. The van der Waals surface area contributed by atoms with E-state index in [-0.39, 0.29) is 29.2 Å². The average Bonchev–Trinajstić information content (AvgIpc) is 3.20. The topological polar surface area (TPSA) is 99.3 Å². The van der Waals surface area contributed by atoms with Crippen molar-refractivity contribution in [1.29, 1.82) is 0 Å². The average molecular weight is 481 g/mol. The Hall–Kier alpha value is -3.92. The predicted octanol–water partition coefficient (Wildman–Crippen LogP) is 5.05. The summed E-state index contributed by atoms with van der Waals surface area (Å²) in [5, 5.41) is 14.6. The number of para-hydroxylation sites is 2. The Labute approximate surface area is 198 Å². The molecule has 0 bridgehead atoms. The molecule has 1 aromatic heterocycles. The van der Waals surface area contributed by atoms with E-state index in [1.165, 1.54) is 36.0 Å². The van der Waals surface area contributed by atoms with Crippen molar-refractivity contribution in [2.24, 2.45) is 0 Å². The maximum Gasteiger partial charge on any atom is 0.271 e. The van der Waals surface area contributed by atoms with Crippen LogP contribution in [0.1, 0.15) is 18.5 Å². The minimum atomic E-state index is -0.474. The molecule has 8 nitrogen and oxygen atoms in total. The summed E-state index contributed by atoms with van der Waals surface area (Å²) < 4.78 is 20.5. The Bertz CT molecular complexity index is 1360. The number of hydrogen-bond acceptors (Lipinski definition) is 6. The second-order valence-corrected chi connectivity index (χ2v) is 8.40. The number of non-ortho nitro benzene ring substituents is 1. The van der Waals surface area contributed by atoms with Crippen molar-refractivity contribution in [2.75, 3.05) is 12.9 Å². The van der Waals surface area contributed by atoms with Crippen molar-refractivity contribution in [3.8, 4) is 11.4 Å². The third-order valence-electron chi connectivity index (χ3n) is 5.22. The lowest BCUT2D eigenvalue weighted by Crippen LogP contribution is -2.28. The molecule has 0 aliphatic carbocycles. The maximum atomic E-state index is 13.2. The molecule has 0 spiro atoms. The van der Waals surface area contributed by atoms with Crippen LogP contribution >= 0.6 is 11.8 Å². The van der Waals surface area contributed by atoms with Gasteiger partial charge >= 0.3 is 0 Å². The number of fused-ring (bicyclic) bond motifs is 1. The first-order valence-corrected chi connectivity index (χ1v) is 11.3. The minimum Gasteiger partial charge on any atom is -0.495 e. The molecule has 1 amide bonds. The van der Waals surface area contributed by atoms with Crippen LogP contribution in [0.15, 0.2) is 71.9 Å². The SMILES string of the molecule is COc1ccccc1-n1c(SCC(=O)N[C@H](C)c2ccc(F)cc2)nc2cc([N+](=O)[O-])ccc21. The van der Waals surface area contributed by atoms with E-state index in [4.69, 9.17) is 4.74 Å². The van der Waals surface area contributed by atoms with Crippen LogP contribution in [0, 0.1) is 15.9 Å². The number of thioether (sulfide) groups is 1. The van der Waals surface area contributed by atoms with Crippen molar-refractivity contribution in [2.45, 2.75) is 18.1 Å². The minimum absolute atomic E-state index is 0.0616. The van der Waals surface area contributed by atoms with Crippen LogP contribution in [0.25, 0.3) is 16.7 Å². The van der Waals surface area contributed by atoms with E-state index in [0.717, 1.165) is 5.56 Å². The van der Waals surface area contributed by atoms with Gasteiger partial charge in [-0.3, -0.25) is 19.5 Å². The molecular weight excluding hydrogens is 459 g/mol. The van der Waals surface area contributed by atoms with Crippen molar-refractivity contribution < 1.29 is 18.8 Å². The van der Waals surface area contributed by atoms with Crippen molar-refractivity contribution in [1.82, 2.24) is 14.9 Å². The highest BCUT2D eigenvalue weighted by molar-refractivity contribution is 7.99. The number of aromatic nitrogens is 2. The molecule has 0 radical (unpaired) electrons. The van der Waals surface area contributed by atoms with Gasteiger partial charge in [0.1, 0.15) is 11.6 Å². The summed E-state index contributed by atoms with van der Waals surface area (Å²) in [6, 6.07) is 17.4.